The van der Waals surface area contributed by atoms with Gasteiger partial charge in [0.25, 0.3) is 0 Å². The summed E-state index contributed by atoms with van der Waals surface area (Å²) in [5.74, 6) is 0.706. The van der Waals surface area contributed by atoms with Crippen LogP contribution in [0, 0.1) is 20.8 Å². The van der Waals surface area contributed by atoms with Gasteiger partial charge in [-0.25, -0.2) is 9.97 Å². The first-order valence-electron chi connectivity index (χ1n) is 6.13. The fraction of sp³-hybridized carbons (Fsp3) is 0.333. The molecule has 0 saturated carbocycles. The first-order chi connectivity index (χ1) is 8.52. The Labute approximate surface area is 113 Å². The van der Waals surface area contributed by atoms with Crippen LogP contribution in [0.5, 0.6) is 0 Å². The SMILES string of the molecule is CCc1c(C)nc(-c2ccc(C)c(C)c2)nc1Cl. The molecule has 0 aliphatic carbocycles. The second kappa shape index (κ2) is 5.07. The average molecular weight is 261 g/mol. The van der Waals surface area contributed by atoms with Gasteiger partial charge in [-0.2, -0.15) is 0 Å². The molecule has 94 valence electrons. The lowest BCUT2D eigenvalue weighted by atomic mass is 10.1. The van der Waals surface area contributed by atoms with E-state index in [2.05, 4.69) is 42.9 Å². The highest BCUT2D eigenvalue weighted by molar-refractivity contribution is 6.30. The molecule has 0 bridgehead atoms. The van der Waals surface area contributed by atoms with E-state index in [-0.39, 0.29) is 0 Å². The van der Waals surface area contributed by atoms with E-state index in [1.807, 2.05) is 13.0 Å². The van der Waals surface area contributed by atoms with E-state index in [0.717, 1.165) is 23.2 Å². The minimum absolute atomic E-state index is 0.568. The molecule has 3 heteroatoms. The van der Waals surface area contributed by atoms with Crippen molar-refractivity contribution in [2.24, 2.45) is 0 Å². The summed E-state index contributed by atoms with van der Waals surface area (Å²) in [5, 5.41) is 0.568. The number of halogens is 1. The van der Waals surface area contributed by atoms with Gasteiger partial charge in [0.2, 0.25) is 0 Å². The molecule has 2 rings (SSSR count). The molecular formula is C15H17ClN2. The summed E-state index contributed by atoms with van der Waals surface area (Å²) in [6, 6.07) is 6.23. The minimum Gasteiger partial charge on any atom is -0.233 e. The first kappa shape index (κ1) is 13.0. The molecule has 0 fully saturated rings. The van der Waals surface area contributed by atoms with Crippen LogP contribution in [-0.2, 0) is 6.42 Å². The van der Waals surface area contributed by atoms with Crippen molar-refractivity contribution in [1.82, 2.24) is 9.97 Å². The van der Waals surface area contributed by atoms with E-state index < -0.39 is 0 Å². The molecule has 2 aromatic rings. The van der Waals surface area contributed by atoms with Crippen LogP contribution in [0.1, 0.15) is 29.3 Å². The summed E-state index contributed by atoms with van der Waals surface area (Å²) in [4.78, 5) is 8.95. The van der Waals surface area contributed by atoms with Gasteiger partial charge >= 0.3 is 0 Å². The van der Waals surface area contributed by atoms with Crippen molar-refractivity contribution in [2.75, 3.05) is 0 Å². The lowest BCUT2D eigenvalue weighted by molar-refractivity contribution is 1.00. The highest BCUT2D eigenvalue weighted by Gasteiger charge is 2.10. The fourth-order valence-corrected chi connectivity index (χ4v) is 2.32. The van der Waals surface area contributed by atoms with Crippen LogP contribution in [-0.4, -0.2) is 9.97 Å². The van der Waals surface area contributed by atoms with Gasteiger partial charge in [0.05, 0.1) is 0 Å². The molecule has 0 unspecified atom stereocenters. The molecule has 0 atom stereocenters. The monoisotopic (exact) mass is 260 g/mol. The highest BCUT2D eigenvalue weighted by Crippen LogP contribution is 2.24. The van der Waals surface area contributed by atoms with Crippen molar-refractivity contribution < 1.29 is 0 Å². The van der Waals surface area contributed by atoms with Gasteiger partial charge in [0, 0.05) is 16.8 Å². The van der Waals surface area contributed by atoms with Crippen molar-refractivity contribution in [3.05, 3.63) is 45.7 Å². The van der Waals surface area contributed by atoms with Gasteiger partial charge in [-0.05, 0) is 44.4 Å². The molecule has 1 aromatic heterocycles. The molecule has 0 N–H and O–H groups in total. The number of hydrogen-bond acceptors (Lipinski definition) is 2. The second-order valence-corrected chi connectivity index (χ2v) is 4.91. The van der Waals surface area contributed by atoms with Gasteiger partial charge in [-0.3, -0.25) is 0 Å². The van der Waals surface area contributed by atoms with E-state index >= 15 is 0 Å². The molecule has 1 aromatic carbocycles. The molecule has 0 amide bonds. The summed E-state index contributed by atoms with van der Waals surface area (Å²) in [5.41, 5.74) is 5.52. The topological polar surface area (TPSA) is 25.8 Å². The van der Waals surface area contributed by atoms with Crippen LogP contribution >= 0.6 is 11.6 Å². The molecule has 18 heavy (non-hydrogen) atoms. The summed E-state index contributed by atoms with van der Waals surface area (Å²) < 4.78 is 0. The Bertz CT molecular complexity index is 568. The van der Waals surface area contributed by atoms with Gasteiger partial charge in [-0.15, -0.1) is 0 Å². The van der Waals surface area contributed by atoms with Gasteiger partial charge in [0.15, 0.2) is 5.82 Å². The summed E-state index contributed by atoms with van der Waals surface area (Å²) >= 11 is 6.20. The van der Waals surface area contributed by atoms with Gasteiger partial charge in [0.1, 0.15) is 5.15 Å². The fourth-order valence-electron chi connectivity index (χ4n) is 1.97. The molecule has 1 heterocycles. The summed E-state index contributed by atoms with van der Waals surface area (Å²) in [6.45, 7) is 8.23. The molecule has 0 saturated heterocycles. The lowest BCUT2D eigenvalue weighted by Gasteiger charge is -2.09. The van der Waals surface area contributed by atoms with Crippen LogP contribution in [0.15, 0.2) is 18.2 Å². The van der Waals surface area contributed by atoms with Crippen LogP contribution in [0.4, 0.5) is 0 Å². The van der Waals surface area contributed by atoms with Crippen LogP contribution in [0.2, 0.25) is 5.15 Å². The van der Waals surface area contributed by atoms with Crippen LogP contribution in [0.3, 0.4) is 0 Å². The number of aromatic nitrogens is 2. The van der Waals surface area contributed by atoms with Crippen molar-refractivity contribution >= 4 is 11.6 Å². The normalized spacial score (nSPS) is 10.7. The molecule has 0 spiro atoms. The molecule has 0 aliphatic heterocycles. The summed E-state index contributed by atoms with van der Waals surface area (Å²) in [7, 11) is 0. The van der Waals surface area contributed by atoms with Crippen molar-refractivity contribution in [2.45, 2.75) is 34.1 Å². The maximum Gasteiger partial charge on any atom is 0.161 e. The van der Waals surface area contributed by atoms with Crippen LogP contribution < -0.4 is 0 Å². The van der Waals surface area contributed by atoms with Crippen LogP contribution in [0.25, 0.3) is 11.4 Å². The predicted molar refractivity (Wildman–Crippen MR) is 76.1 cm³/mol. The highest BCUT2D eigenvalue weighted by atomic mass is 35.5. The molecule has 0 aliphatic rings. The number of rotatable bonds is 2. The lowest BCUT2D eigenvalue weighted by Crippen LogP contribution is -1.99. The average Bonchev–Trinajstić information content (AvgIpc) is 2.32. The predicted octanol–water partition coefficient (Wildman–Crippen LogP) is 4.28. The maximum atomic E-state index is 6.20. The zero-order chi connectivity index (χ0) is 13.3. The Morgan fingerprint density at radius 3 is 2.33 bits per heavy atom. The van der Waals surface area contributed by atoms with Crippen molar-refractivity contribution in [3.8, 4) is 11.4 Å². The Balaban J connectivity index is 2.54. The van der Waals surface area contributed by atoms with Crippen molar-refractivity contribution in [1.29, 1.82) is 0 Å². The number of aryl methyl sites for hydroxylation is 3. The third-order valence-electron chi connectivity index (χ3n) is 3.28. The van der Waals surface area contributed by atoms with Gasteiger partial charge in [-0.1, -0.05) is 30.7 Å². The number of nitrogens with zero attached hydrogens (tertiary/aromatic N) is 2. The Hall–Kier alpha value is -1.41. The zero-order valence-electron chi connectivity index (χ0n) is 11.2. The summed E-state index contributed by atoms with van der Waals surface area (Å²) in [6.07, 6.45) is 0.859. The number of benzene rings is 1. The van der Waals surface area contributed by atoms with Gasteiger partial charge < -0.3 is 0 Å². The van der Waals surface area contributed by atoms with E-state index in [1.165, 1.54) is 11.1 Å². The second-order valence-electron chi connectivity index (χ2n) is 4.55. The smallest absolute Gasteiger partial charge is 0.161 e. The Kier molecular flexibility index (Phi) is 3.67. The Morgan fingerprint density at radius 2 is 1.78 bits per heavy atom. The van der Waals surface area contributed by atoms with E-state index in [4.69, 9.17) is 11.6 Å². The first-order valence-corrected chi connectivity index (χ1v) is 6.51. The Morgan fingerprint density at radius 1 is 1.06 bits per heavy atom. The van der Waals surface area contributed by atoms with E-state index in [9.17, 15) is 0 Å². The van der Waals surface area contributed by atoms with Crippen molar-refractivity contribution in [3.63, 3.8) is 0 Å². The third kappa shape index (κ3) is 2.39. The quantitative estimate of drug-likeness (QED) is 0.753. The zero-order valence-corrected chi connectivity index (χ0v) is 12.0. The maximum absolute atomic E-state index is 6.20. The minimum atomic E-state index is 0.568. The molecule has 0 radical (unpaired) electrons. The van der Waals surface area contributed by atoms with E-state index in [0.29, 0.717) is 11.0 Å². The largest absolute Gasteiger partial charge is 0.233 e. The molecular weight excluding hydrogens is 244 g/mol. The third-order valence-corrected chi connectivity index (χ3v) is 3.59. The standard InChI is InChI=1S/C15H17ClN2/c1-5-13-11(4)17-15(18-14(13)16)12-7-6-9(2)10(3)8-12/h6-8H,5H2,1-4H3. The number of hydrogen-bond donors (Lipinski definition) is 0. The molecule has 2 nitrogen and oxygen atoms in total. The van der Waals surface area contributed by atoms with E-state index in [1.54, 1.807) is 0 Å².